The van der Waals surface area contributed by atoms with E-state index in [0.717, 1.165) is 6.07 Å². The van der Waals surface area contributed by atoms with Crippen LogP contribution in [0.4, 0.5) is 5.69 Å². The summed E-state index contributed by atoms with van der Waals surface area (Å²) in [5, 5.41) is 11.2. The quantitative estimate of drug-likeness (QED) is 0.384. The lowest BCUT2D eigenvalue weighted by Gasteiger charge is -2.26. The van der Waals surface area contributed by atoms with Gasteiger partial charge in [0.15, 0.2) is 5.78 Å². The van der Waals surface area contributed by atoms with Crippen molar-refractivity contribution >= 4 is 21.5 Å². The fraction of sp³-hybridized carbons (Fsp3) is 0.316. The van der Waals surface area contributed by atoms with E-state index in [0.29, 0.717) is 17.7 Å². The number of nitrogens with zero attached hydrogens (tertiary/aromatic N) is 2. The standard InChI is InChI=1S/C19H20N2O7S/c1-2-17(22)14-3-6-16(7-4-14)28-18-8-5-15(21(23)24)13-19(18)29(25,26)20-9-11-27-12-10-20/h3-8,13H,2,9-12H2,1H3. The van der Waals surface area contributed by atoms with Crippen LogP contribution in [0.5, 0.6) is 11.5 Å². The predicted molar refractivity (Wildman–Crippen MR) is 104 cm³/mol. The molecule has 29 heavy (non-hydrogen) atoms. The molecule has 0 aliphatic carbocycles. The molecule has 0 aromatic heterocycles. The number of hydrogen-bond acceptors (Lipinski definition) is 7. The number of ether oxygens (including phenoxy) is 2. The molecule has 1 heterocycles. The SMILES string of the molecule is CCC(=O)c1ccc(Oc2ccc([N+](=O)[O-])cc2S(=O)(=O)N2CCOCC2)cc1. The van der Waals surface area contributed by atoms with E-state index >= 15 is 0 Å². The van der Waals surface area contributed by atoms with Gasteiger partial charge >= 0.3 is 0 Å². The normalized spacial score (nSPS) is 15.1. The maximum Gasteiger partial charge on any atom is 0.271 e. The molecule has 1 fully saturated rings. The number of nitro groups is 1. The molecule has 0 amide bonds. The highest BCUT2D eigenvalue weighted by atomic mass is 32.2. The summed E-state index contributed by atoms with van der Waals surface area (Å²) >= 11 is 0. The van der Waals surface area contributed by atoms with Crippen molar-refractivity contribution in [1.29, 1.82) is 0 Å². The van der Waals surface area contributed by atoms with Crippen molar-refractivity contribution in [2.24, 2.45) is 0 Å². The Morgan fingerprint density at radius 1 is 1.17 bits per heavy atom. The third-order valence-electron chi connectivity index (χ3n) is 4.45. The van der Waals surface area contributed by atoms with Gasteiger partial charge in [-0.3, -0.25) is 14.9 Å². The van der Waals surface area contributed by atoms with Gasteiger partial charge in [-0.1, -0.05) is 6.92 Å². The Morgan fingerprint density at radius 3 is 2.41 bits per heavy atom. The number of carbonyl (C=O) groups excluding carboxylic acids is 1. The number of sulfonamides is 1. The van der Waals surface area contributed by atoms with Gasteiger partial charge in [-0.05, 0) is 30.3 Å². The molecule has 0 radical (unpaired) electrons. The van der Waals surface area contributed by atoms with Crippen LogP contribution in [0.1, 0.15) is 23.7 Å². The second-order valence-corrected chi connectivity index (χ2v) is 8.21. The van der Waals surface area contributed by atoms with Gasteiger partial charge in [-0.2, -0.15) is 4.31 Å². The molecule has 2 aromatic rings. The number of nitro benzene ring substituents is 1. The van der Waals surface area contributed by atoms with Gasteiger partial charge in [0.2, 0.25) is 10.0 Å². The summed E-state index contributed by atoms with van der Waals surface area (Å²) in [7, 11) is -4.02. The topological polar surface area (TPSA) is 116 Å². The number of rotatable bonds is 7. The second kappa shape index (κ2) is 8.68. The summed E-state index contributed by atoms with van der Waals surface area (Å²) in [6.45, 7) is 2.55. The predicted octanol–water partition coefficient (Wildman–Crippen LogP) is 3.00. The Morgan fingerprint density at radius 2 is 1.83 bits per heavy atom. The van der Waals surface area contributed by atoms with Gasteiger partial charge in [0, 0.05) is 37.2 Å². The first-order chi connectivity index (χ1) is 13.8. The van der Waals surface area contributed by atoms with Crippen molar-refractivity contribution in [3.8, 4) is 11.5 Å². The lowest BCUT2D eigenvalue weighted by Crippen LogP contribution is -2.40. The minimum Gasteiger partial charge on any atom is -0.456 e. The summed E-state index contributed by atoms with van der Waals surface area (Å²) in [6, 6.07) is 9.71. The number of ketones is 1. The van der Waals surface area contributed by atoms with Crippen LogP contribution in [0.15, 0.2) is 47.4 Å². The third-order valence-corrected chi connectivity index (χ3v) is 6.37. The molecule has 0 bridgehead atoms. The monoisotopic (exact) mass is 420 g/mol. The number of hydrogen-bond donors (Lipinski definition) is 0. The lowest BCUT2D eigenvalue weighted by atomic mass is 10.1. The van der Waals surface area contributed by atoms with E-state index in [-0.39, 0.29) is 48.4 Å². The number of morpholine rings is 1. The lowest BCUT2D eigenvalue weighted by molar-refractivity contribution is -0.385. The molecular weight excluding hydrogens is 400 g/mol. The Labute approximate surface area is 168 Å². The van der Waals surface area contributed by atoms with Crippen molar-refractivity contribution in [1.82, 2.24) is 4.31 Å². The van der Waals surface area contributed by atoms with Crippen LogP contribution >= 0.6 is 0 Å². The van der Waals surface area contributed by atoms with Gasteiger partial charge in [0.1, 0.15) is 16.4 Å². The summed E-state index contributed by atoms with van der Waals surface area (Å²) in [6.07, 6.45) is 0.366. The van der Waals surface area contributed by atoms with E-state index in [1.807, 2.05) is 0 Å². The fourth-order valence-electron chi connectivity index (χ4n) is 2.86. The van der Waals surface area contributed by atoms with Crippen molar-refractivity contribution in [2.45, 2.75) is 18.2 Å². The molecule has 2 aromatic carbocycles. The number of non-ortho nitro benzene ring substituents is 1. The molecule has 3 rings (SSSR count). The molecule has 10 heteroatoms. The molecule has 0 saturated carbocycles. The number of benzene rings is 2. The van der Waals surface area contributed by atoms with Crippen LogP contribution in [0.2, 0.25) is 0 Å². The van der Waals surface area contributed by atoms with E-state index < -0.39 is 14.9 Å². The van der Waals surface area contributed by atoms with Crippen LogP contribution in [0.3, 0.4) is 0 Å². The maximum atomic E-state index is 13.1. The Bertz CT molecular complexity index is 1010. The summed E-state index contributed by atoms with van der Waals surface area (Å²) in [4.78, 5) is 22.0. The van der Waals surface area contributed by atoms with E-state index in [9.17, 15) is 23.3 Å². The number of Topliss-reactive ketones (excluding diaryl/α,β-unsaturated/α-hetero) is 1. The van der Waals surface area contributed by atoms with Crippen molar-refractivity contribution < 1.29 is 27.6 Å². The van der Waals surface area contributed by atoms with E-state index in [4.69, 9.17) is 9.47 Å². The van der Waals surface area contributed by atoms with Crippen LogP contribution in [-0.2, 0) is 14.8 Å². The van der Waals surface area contributed by atoms with Gasteiger partial charge < -0.3 is 9.47 Å². The van der Waals surface area contributed by atoms with E-state index in [2.05, 4.69) is 0 Å². The van der Waals surface area contributed by atoms with E-state index in [1.54, 1.807) is 31.2 Å². The summed E-state index contributed by atoms with van der Waals surface area (Å²) in [5.41, 5.74) is 0.165. The molecule has 1 aliphatic rings. The highest BCUT2D eigenvalue weighted by Crippen LogP contribution is 2.34. The molecule has 0 unspecified atom stereocenters. The zero-order valence-electron chi connectivity index (χ0n) is 15.7. The van der Waals surface area contributed by atoms with Crippen LogP contribution < -0.4 is 4.74 Å². The molecule has 154 valence electrons. The highest BCUT2D eigenvalue weighted by Gasteiger charge is 2.31. The van der Waals surface area contributed by atoms with E-state index in [1.165, 1.54) is 16.4 Å². The molecule has 1 saturated heterocycles. The van der Waals surface area contributed by atoms with Crippen LogP contribution in [-0.4, -0.2) is 49.7 Å². The van der Waals surface area contributed by atoms with Gasteiger partial charge in [-0.25, -0.2) is 8.42 Å². The minimum absolute atomic E-state index is 0.0255. The Balaban J connectivity index is 1.98. The average molecular weight is 420 g/mol. The van der Waals surface area contributed by atoms with Gasteiger partial charge in [0.05, 0.1) is 18.1 Å². The second-order valence-electron chi connectivity index (χ2n) is 6.31. The van der Waals surface area contributed by atoms with Crippen molar-refractivity contribution in [3.63, 3.8) is 0 Å². The molecule has 9 nitrogen and oxygen atoms in total. The molecule has 0 spiro atoms. The van der Waals surface area contributed by atoms with Crippen molar-refractivity contribution in [2.75, 3.05) is 26.3 Å². The average Bonchev–Trinajstić information content (AvgIpc) is 2.74. The first-order valence-electron chi connectivity index (χ1n) is 9.00. The van der Waals surface area contributed by atoms with Crippen molar-refractivity contribution in [3.05, 3.63) is 58.1 Å². The zero-order chi connectivity index (χ0) is 21.0. The fourth-order valence-corrected chi connectivity index (χ4v) is 4.40. The highest BCUT2D eigenvalue weighted by molar-refractivity contribution is 7.89. The smallest absolute Gasteiger partial charge is 0.271 e. The first-order valence-corrected chi connectivity index (χ1v) is 10.4. The molecule has 0 N–H and O–H groups in total. The van der Waals surface area contributed by atoms with Crippen LogP contribution in [0.25, 0.3) is 0 Å². The Hall–Kier alpha value is -2.82. The third kappa shape index (κ3) is 4.61. The van der Waals surface area contributed by atoms with Gasteiger partial charge in [-0.15, -0.1) is 0 Å². The molecular formula is C19H20N2O7S. The maximum absolute atomic E-state index is 13.1. The largest absolute Gasteiger partial charge is 0.456 e. The Kier molecular flexibility index (Phi) is 6.26. The molecule has 0 atom stereocenters. The number of carbonyl (C=O) groups is 1. The molecule has 1 aliphatic heterocycles. The minimum atomic E-state index is -4.02. The zero-order valence-corrected chi connectivity index (χ0v) is 16.6. The van der Waals surface area contributed by atoms with Gasteiger partial charge in [0.25, 0.3) is 5.69 Å². The summed E-state index contributed by atoms with van der Waals surface area (Å²) < 4.78 is 38.3. The first kappa shape index (κ1) is 20.9. The van der Waals surface area contributed by atoms with Crippen LogP contribution in [0, 0.1) is 10.1 Å². The summed E-state index contributed by atoms with van der Waals surface area (Å²) in [5.74, 6) is 0.254.